The van der Waals surface area contributed by atoms with Gasteiger partial charge in [0.15, 0.2) is 11.5 Å². The Morgan fingerprint density at radius 3 is 2.33 bits per heavy atom. The van der Waals surface area contributed by atoms with Gasteiger partial charge in [0.2, 0.25) is 0 Å². The average molecular weight is 359 g/mol. The molecule has 0 amide bonds. The first-order valence-electron chi connectivity index (χ1n) is 8.49. The van der Waals surface area contributed by atoms with Crippen LogP contribution in [0.1, 0.15) is 16.7 Å². The van der Waals surface area contributed by atoms with E-state index in [0.717, 1.165) is 27.8 Å². The Labute approximate surface area is 159 Å². The lowest BCUT2D eigenvalue weighted by atomic mass is 9.94. The van der Waals surface area contributed by atoms with Gasteiger partial charge in [0.25, 0.3) is 0 Å². The molecular formula is C22H21N3O2. The summed E-state index contributed by atoms with van der Waals surface area (Å²) in [7, 11) is 3.18. The number of pyridine rings is 1. The van der Waals surface area contributed by atoms with E-state index in [1.54, 1.807) is 14.2 Å². The number of nitrogens with zero attached hydrogens (tertiary/aromatic N) is 2. The van der Waals surface area contributed by atoms with Crippen LogP contribution in [0.15, 0.2) is 42.5 Å². The molecule has 0 atom stereocenters. The minimum absolute atomic E-state index is 0.209. The van der Waals surface area contributed by atoms with Crippen molar-refractivity contribution >= 4 is 5.82 Å². The van der Waals surface area contributed by atoms with Gasteiger partial charge in [-0.3, -0.25) is 0 Å². The summed E-state index contributed by atoms with van der Waals surface area (Å²) in [5, 5.41) is 9.63. The van der Waals surface area contributed by atoms with Crippen LogP contribution in [0.4, 0.5) is 5.82 Å². The Kier molecular flexibility index (Phi) is 5.00. The maximum absolute atomic E-state index is 9.63. The molecule has 136 valence electrons. The van der Waals surface area contributed by atoms with Gasteiger partial charge in [0.1, 0.15) is 17.5 Å². The lowest BCUT2D eigenvalue weighted by Crippen LogP contribution is -2.01. The number of ether oxygens (including phenoxy) is 2. The van der Waals surface area contributed by atoms with Crippen LogP contribution < -0.4 is 15.2 Å². The highest BCUT2D eigenvalue weighted by Gasteiger charge is 2.16. The molecule has 0 saturated carbocycles. The normalized spacial score (nSPS) is 10.3. The van der Waals surface area contributed by atoms with E-state index in [9.17, 15) is 5.26 Å². The number of hydrogen-bond acceptors (Lipinski definition) is 5. The molecule has 0 bridgehead atoms. The second-order valence-electron chi connectivity index (χ2n) is 6.32. The molecule has 1 heterocycles. The summed E-state index contributed by atoms with van der Waals surface area (Å²) in [4.78, 5) is 4.44. The highest BCUT2D eigenvalue weighted by molar-refractivity contribution is 5.82. The maximum atomic E-state index is 9.63. The van der Waals surface area contributed by atoms with Gasteiger partial charge >= 0.3 is 0 Å². The molecule has 0 unspecified atom stereocenters. The third-order valence-electron chi connectivity index (χ3n) is 4.52. The van der Waals surface area contributed by atoms with Crippen molar-refractivity contribution in [3.8, 4) is 40.0 Å². The number of nitrogen functional groups attached to an aromatic ring is 1. The van der Waals surface area contributed by atoms with Gasteiger partial charge in [-0.15, -0.1) is 0 Å². The Hall–Kier alpha value is -3.52. The summed E-state index contributed by atoms with van der Waals surface area (Å²) in [6.45, 7) is 4.04. The molecule has 2 aromatic carbocycles. The van der Waals surface area contributed by atoms with Gasteiger partial charge in [0.05, 0.1) is 19.9 Å². The number of rotatable bonds is 4. The van der Waals surface area contributed by atoms with Crippen LogP contribution in [0, 0.1) is 25.2 Å². The standard InChI is InChI=1S/C22H21N3O2/c1-13-5-6-14(2)16(9-13)17-11-19(25-22(24)18(17)12-23)15-7-8-20(26-3)21(10-15)27-4/h5-11H,1-4H3,(H2,24,25). The number of benzene rings is 2. The fraction of sp³-hybridized carbons (Fsp3) is 0.182. The van der Waals surface area contributed by atoms with Crippen LogP contribution in [0.3, 0.4) is 0 Å². The molecule has 0 aliphatic rings. The molecule has 0 spiro atoms. The molecule has 0 radical (unpaired) electrons. The van der Waals surface area contributed by atoms with Crippen LogP contribution in [0.5, 0.6) is 11.5 Å². The third kappa shape index (κ3) is 3.42. The minimum atomic E-state index is 0.209. The number of nitriles is 1. The van der Waals surface area contributed by atoms with Gasteiger partial charge in [-0.25, -0.2) is 4.98 Å². The fourth-order valence-electron chi connectivity index (χ4n) is 3.06. The van der Waals surface area contributed by atoms with Crippen molar-refractivity contribution in [2.75, 3.05) is 20.0 Å². The Bertz CT molecular complexity index is 1050. The molecule has 27 heavy (non-hydrogen) atoms. The fourth-order valence-corrected chi connectivity index (χ4v) is 3.06. The predicted octanol–water partition coefficient (Wildman–Crippen LogP) is 4.50. The first-order chi connectivity index (χ1) is 13.0. The summed E-state index contributed by atoms with van der Waals surface area (Å²) in [5.41, 5.74) is 11.9. The zero-order chi connectivity index (χ0) is 19.6. The van der Waals surface area contributed by atoms with Crippen molar-refractivity contribution < 1.29 is 9.47 Å². The summed E-state index contributed by atoms with van der Waals surface area (Å²) in [6, 6.07) is 15.8. The summed E-state index contributed by atoms with van der Waals surface area (Å²) in [5.74, 6) is 1.45. The van der Waals surface area contributed by atoms with E-state index in [1.807, 2.05) is 50.2 Å². The second kappa shape index (κ2) is 7.38. The van der Waals surface area contributed by atoms with Crippen molar-refractivity contribution in [3.05, 3.63) is 59.2 Å². The molecule has 0 saturated heterocycles. The van der Waals surface area contributed by atoms with E-state index < -0.39 is 0 Å². The molecule has 3 aromatic rings. The smallest absolute Gasteiger partial charge is 0.161 e. The second-order valence-corrected chi connectivity index (χ2v) is 6.32. The highest BCUT2D eigenvalue weighted by Crippen LogP contribution is 2.36. The third-order valence-corrected chi connectivity index (χ3v) is 4.52. The van der Waals surface area contributed by atoms with E-state index in [4.69, 9.17) is 15.2 Å². The van der Waals surface area contributed by atoms with Crippen LogP contribution in [-0.4, -0.2) is 19.2 Å². The predicted molar refractivity (Wildman–Crippen MR) is 107 cm³/mol. The molecular weight excluding hydrogens is 338 g/mol. The minimum Gasteiger partial charge on any atom is -0.493 e. The summed E-state index contributed by atoms with van der Waals surface area (Å²) < 4.78 is 10.7. The van der Waals surface area contributed by atoms with Crippen molar-refractivity contribution in [3.63, 3.8) is 0 Å². The molecule has 0 aliphatic heterocycles. The Morgan fingerprint density at radius 1 is 0.926 bits per heavy atom. The van der Waals surface area contributed by atoms with E-state index in [0.29, 0.717) is 22.8 Å². The van der Waals surface area contributed by atoms with Crippen LogP contribution in [-0.2, 0) is 0 Å². The van der Waals surface area contributed by atoms with Gasteiger partial charge in [-0.1, -0.05) is 23.8 Å². The number of methoxy groups -OCH3 is 2. The highest BCUT2D eigenvalue weighted by atomic mass is 16.5. The quantitative estimate of drug-likeness (QED) is 0.741. The largest absolute Gasteiger partial charge is 0.493 e. The molecule has 0 fully saturated rings. The number of aryl methyl sites for hydroxylation is 2. The van der Waals surface area contributed by atoms with Crippen LogP contribution in [0.25, 0.3) is 22.4 Å². The molecule has 5 heteroatoms. The Balaban J connectivity index is 2.24. The first-order valence-corrected chi connectivity index (χ1v) is 8.49. The van der Waals surface area contributed by atoms with Crippen molar-refractivity contribution in [2.45, 2.75) is 13.8 Å². The SMILES string of the molecule is COc1ccc(-c2cc(-c3cc(C)ccc3C)c(C#N)c(N)n2)cc1OC. The summed E-state index contributed by atoms with van der Waals surface area (Å²) >= 11 is 0. The first kappa shape index (κ1) is 18.3. The van der Waals surface area contributed by atoms with Gasteiger partial charge < -0.3 is 15.2 Å². The van der Waals surface area contributed by atoms with Crippen molar-refractivity contribution in [2.24, 2.45) is 0 Å². The monoisotopic (exact) mass is 359 g/mol. The molecule has 0 aliphatic carbocycles. The van der Waals surface area contributed by atoms with Crippen LogP contribution in [0.2, 0.25) is 0 Å². The van der Waals surface area contributed by atoms with Gasteiger partial charge in [0, 0.05) is 11.1 Å². The summed E-state index contributed by atoms with van der Waals surface area (Å²) in [6.07, 6.45) is 0. The zero-order valence-electron chi connectivity index (χ0n) is 15.8. The number of anilines is 1. The van der Waals surface area contributed by atoms with Crippen molar-refractivity contribution in [1.29, 1.82) is 5.26 Å². The van der Waals surface area contributed by atoms with E-state index in [2.05, 4.69) is 17.1 Å². The lowest BCUT2D eigenvalue weighted by Gasteiger charge is -2.14. The molecule has 2 N–H and O–H groups in total. The number of aromatic nitrogens is 1. The van der Waals surface area contributed by atoms with Gasteiger partial charge in [-0.05, 0) is 49.2 Å². The zero-order valence-corrected chi connectivity index (χ0v) is 15.8. The van der Waals surface area contributed by atoms with Gasteiger partial charge in [-0.2, -0.15) is 5.26 Å². The molecule has 1 aromatic heterocycles. The lowest BCUT2D eigenvalue weighted by molar-refractivity contribution is 0.355. The van der Waals surface area contributed by atoms with Crippen molar-refractivity contribution in [1.82, 2.24) is 4.98 Å². The van der Waals surface area contributed by atoms with Crippen LogP contribution >= 0.6 is 0 Å². The molecule has 3 rings (SSSR count). The number of nitrogens with two attached hydrogens (primary N) is 1. The number of hydrogen-bond donors (Lipinski definition) is 1. The average Bonchev–Trinajstić information content (AvgIpc) is 2.68. The van der Waals surface area contributed by atoms with E-state index in [-0.39, 0.29) is 5.82 Å². The van der Waals surface area contributed by atoms with E-state index in [1.165, 1.54) is 0 Å². The maximum Gasteiger partial charge on any atom is 0.161 e. The molecule has 5 nitrogen and oxygen atoms in total. The topological polar surface area (TPSA) is 81.2 Å². The Morgan fingerprint density at radius 2 is 1.67 bits per heavy atom. The van der Waals surface area contributed by atoms with E-state index >= 15 is 0 Å².